The Balaban J connectivity index is 1.50. The molecule has 4 rings (SSSR count). The highest BCUT2D eigenvalue weighted by Crippen LogP contribution is 2.39. The number of hydrogen-bond acceptors (Lipinski definition) is 6. The molecule has 3 heterocycles. The molecular weight excluding hydrogens is 282 g/mol. The van der Waals surface area contributed by atoms with Crippen LogP contribution in [0.25, 0.3) is 5.65 Å². The van der Waals surface area contributed by atoms with Gasteiger partial charge in [-0.1, -0.05) is 0 Å². The van der Waals surface area contributed by atoms with E-state index in [1.54, 1.807) is 4.52 Å². The predicted octanol–water partition coefficient (Wildman–Crippen LogP) is 0.740. The predicted molar refractivity (Wildman–Crippen MR) is 79.8 cm³/mol. The summed E-state index contributed by atoms with van der Waals surface area (Å²) >= 11 is 0. The van der Waals surface area contributed by atoms with Gasteiger partial charge in [0.05, 0.1) is 5.69 Å². The molecule has 8 nitrogen and oxygen atoms in total. The maximum Gasteiger partial charge on any atom is 0.250 e. The van der Waals surface area contributed by atoms with Crippen molar-refractivity contribution in [2.45, 2.75) is 25.2 Å². The van der Waals surface area contributed by atoms with E-state index in [0.29, 0.717) is 30.7 Å². The number of hydrogen-bond donors (Lipinski definition) is 2. The Morgan fingerprint density at radius 1 is 1.32 bits per heavy atom. The van der Waals surface area contributed by atoms with Crippen molar-refractivity contribution in [1.82, 2.24) is 29.5 Å². The highest BCUT2D eigenvalue weighted by molar-refractivity contribution is 5.45. The summed E-state index contributed by atoms with van der Waals surface area (Å²) in [6.07, 6.45) is 6.03. The van der Waals surface area contributed by atoms with Crippen molar-refractivity contribution in [3.63, 3.8) is 0 Å². The standard InChI is InChI=1S/C14H15N7O/c22-13-4-6-15-11(19-13)3-5-16-14-18-8-17-12-7-10(9-1-2-9)20-21(12)14/h4,6-9H,1-3,5H2,(H,15,19,22)(H,16,17,18). The number of H-pyrrole nitrogens is 1. The van der Waals surface area contributed by atoms with Crippen molar-refractivity contribution < 1.29 is 0 Å². The number of nitrogens with one attached hydrogen (secondary N) is 2. The smallest absolute Gasteiger partial charge is 0.250 e. The molecule has 1 fully saturated rings. The number of rotatable bonds is 5. The molecule has 3 aromatic rings. The summed E-state index contributed by atoms with van der Waals surface area (Å²) in [6, 6.07) is 3.41. The zero-order valence-electron chi connectivity index (χ0n) is 11.9. The molecule has 1 aliphatic rings. The summed E-state index contributed by atoms with van der Waals surface area (Å²) in [5, 5.41) is 7.79. The second kappa shape index (κ2) is 5.21. The third-order valence-corrected chi connectivity index (χ3v) is 3.64. The lowest BCUT2D eigenvalue weighted by Crippen LogP contribution is -2.15. The minimum atomic E-state index is -0.143. The van der Waals surface area contributed by atoms with E-state index in [4.69, 9.17) is 0 Å². The second-order valence-electron chi connectivity index (χ2n) is 5.37. The third kappa shape index (κ3) is 2.54. The first kappa shape index (κ1) is 12.9. The largest absolute Gasteiger partial charge is 0.354 e. The van der Waals surface area contributed by atoms with Crippen molar-refractivity contribution in [1.29, 1.82) is 0 Å². The molecule has 0 atom stereocenters. The minimum absolute atomic E-state index is 0.143. The number of fused-ring (bicyclic) bond motifs is 1. The first-order valence-electron chi connectivity index (χ1n) is 7.28. The van der Waals surface area contributed by atoms with E-state index in [9.17, 15) is 4.79 Å². The molecule has 0 unspecified atom stereocenters. The maximum atomic E-state index is 11.2. The fourth-order valence-electron chi connectivity index (χ4n) is 2.36. The van der Waals surface area contributed by atoms with Gasteiger partial charge in [-0.15, -0.1) is 0 Å². The molecule has 1 saturated carbocycles. The first-order chi connectivity index (χ1) is 10.8. The Morgan fingerprint density at radius 3 is 3.05 bits per heavy atom. The summed E-state index contributed by atoms with van der Waals surface area (Å²) in [5.74, 6) is 1.87. The molecule has 0 aromatic carbocycles. The maximum absolute atomic E-state index is 11.2. The molecule has 1 aliphatic carbocycles. The van der Waals surface area contributed by atoms with Gasteiger partial charge in [0, 0.05) is 37.2 Å². The van der Waals surface area contributed by atoms with Gasteiger partial charge in [-0.25, -0.2) is 15.0 Å². The van der Waals surface area contributed by atoms with Gasteiger partial charge in [0.2, 0.25) is 5.95 Å². The fourth-order valence-corrected chi connectivity index (χ4v) is 2.36. The normalized spacial score (nSPS) is 14.4. The highest BCUT2D eigenvalue weighted by Gasteiger charge is 2.26. The molecular formula is C14H15N7O. The van der Waals surface area contributed by atoms with Crippen LogP contribution >= 0.6 is 0 Å². The summed E-state index contributed by atoms with van der Waals surface area (Å²) in [4.78, 5) is 26.5. The molecule has 8 heteroatoms. The summed E-state index contributed by atoms with van der Waals surface area (Å²) in [7, 11) is 0. The lowest BCUT2D eigenvalue weighted by molar-refractivity contribution is 0.826. The van der Waals surface area contributed by atoms with Crippen molar-refractivity contribution in [2.24, 2.45) is 0 Å². The lowest BCUT2D eigenvalue weighted by Gasteiger charge is -2.06. The Labute approximate surface area is 125 Å². The van der Waals surface area contributed by atoms with Gasteiger partial charge in [-0.3, -0.25) is 4.79 Å². The van der Waals surface area contributed by atoms with Crippen molar-refractivity contribution in [3.8, 4) is 0 Å². The summed E-state index contributed by atoms with van der Waals surface area (Å²) < 4.78 is 1.73. The monoisotopic (exact) mass is 297 g/mol. The van der Waals surface area contributed by atoms with Crippen LogP contribution in [-0.4, -0.2) is 36.1 Å². The van der Waals surface area contributed by atoms with Crippen LogP contribution < -0.4 is 10.9 Å². The molecule has 0 saturated heterocycles. The zero-order chi connectivity index (χ0) is 14.9. The Hall–Kier alpha value is -2.77. The van der Waals surface area contributed by atoms with E-state index < -0.39 is 0 Å². The molecule has 0 spiro atoms. The Kier molecular flexibility index (Phi) is 3.06. The van der Waals surface area contributed by atoms with Crippen LogP contribution in [-0.2, 0) is 6.42 Å². The van der Waals surface area contributed by atoms with Crippen LogP contribution in [0.2, 0.25) is 0 Å². The lowest BCUT2D eigenvalue weighted by atomic mass is 10.3. The van der Waals surface area contributed by atoms with Crippen LogP contribution in [0, 0.1) is 0 Å². The van der Waals surface area contributed by atoms with Crippen LogP contribution in [0.5, 0.6) is 0 Å². The number of anilines is 1. The van der Waals surface area contributed by atoms with E-state index >= 15 is 0 Å². The Bertz CT molecular complexity index is 865. The van der Waals surface area contributed by atoms with Gasteiger partial charge in [0.15, 0.2) is 5.65 Å². The topological polar surface area (TPSA) is 101 Å². The SMILES string of the molecule is O=c1ccnc(CCNc2ncnc3cc(C4CC4)nn23)[nH]1. The molecule has 0 radical (unpaired) electrons. The van der Waals surface area contributed by atoms with E-state index in [1.807, 2.05) is 6.07 Å². The molecule has 0 bridgehead atoms. The molecule has 112 valence electrons. The fraction of sp³-hybridized carbons (Fsp3) is 0.357. The van der Waals surface area contributed by atoms with Crippen LogP contribution in [0.15, 0.2) is 29.5 Å². The minimum Gasteiger partial charge on any atom is -0.354 e. The van der Waals surface area contributed by atoms with Gasteiger partial charge < -0.3 is 10.3 Å². The summed E-state index contributed by atoms with van der Waals surface area (Å²) in [5.41, 5.74) is 1.74. The average molecular weight is 297 g/mol. The van der Waals surface area contributed by atoms with E-state index in [-0.39, 0.29) is 5.56 Å². The molecule has 2 N–H and O–H groups in total. The van der Waals surface area contributed by atoms with E-state index in [2.05, 4.69) is 30.4 Å². The molecule has 22 heavy (non-hydrogen) atoms. The Morgan fingerprint density at radius 2 is 2.23 bits per heavy atom. The van der Waals surface area contributed by atoms with Crippen LogP contribution in [0.3, 0.4) is 0 Å². The van der Waals surface area contributed by atoms with Gasteiger partial charge >= 0.3 is 0 Å². The quantitative estimate of drug-likeness (QED) is 0.720. The molecule has 3 aromatic heterocycles. The number of aromatic nitrogens is 6. The van der Waals surface area contributed by atoms with E-state index in [1.165, 1.54) is 31.4 Å². The number of aromatic amines is 1. The van der Waals surface area contributed by atoms with E-state index in [0.717, 1.165) is 11.3 Å². The number of nitrogens with zero attached hydrogens (tertiary/aromatic N) is 5. The van der Waals surface area contributed by atoms with Gasteiger partial charge in [0.25, 0.3) is 5.56 Å². The van der Waals surface area contributed by atoms with Gasteiger partial charge in [-0.2, -0.15) is 9.61 Å². The third-order valence-electron chi connectivity index (χ3n) is 3.64. The van der Waals surface area contributed by atoms with Crippen LogP contribution in [0.1, 0.15) is 30.3 Å². The van der Waals surface area contributed by atoms with Gasteiger partial charge in [0.1, 0.15) is 12.2 Å². The first-order valence-corrected chi connectivity index (χ1v) is 7.28. The average Bonchev–Trinajstić information content (AvgIpc) is 3.27. The summed E-state index contributed by atoms with van der Waals surface area (Å²) in [6.45, 7) is 0.595. The van der Waals surface area contributed by atoms with Crippen LogP contribution in [0.4, 0.5) is 5.95 Å². The molecule has 0 aliphatic heterocycles. The zero-order valence-corrected chi connectivity index (χ0v) is 11.9. The second-order valence-corrected chi connectivity index (χ2v) is 5.37. The molecule has 0 amide bonds. The van der Waals surface area contributed by atoms with Gasteiger partial charge in [-0.05, 0) is 12.8 Å². The van der Waals surface area contributed by atoms with Crippen molar-refractivity contribution in [3.05, 3.63) is 46.5 Å². The highest BCUT2D eigenvalue weighted by atomic mass is 16.1. The van der Waals surface area contributed by atoms with Crippen molar-refractivity contribution in [2.75, 3.05) is 11.9 Å². The van der Waals surface area contributed by atoms with Crippen molar-refractivity contribution >= 4 is 11.6 Å².